The second kappa shape index (κ2) is 8.71. The summed E-state index contributed by atoms with van der Waals surface area (Å²) >= 11 is 5.97. The molecule has 0 atom stereocenters. The Morgan fingerprint density at radius 3 is 2.71 bits per heavy atom. The van der Waals surface area contributed by atoms with Crippen molar-refractivity contribution in [2.24, 2.45) is 0 Å². The molecule has 2 heterocycles. The van der Waals surface area contributed by atoms with Gasteiger partial charge >= 0.3 is 0 Å². The number of rotatable bonds is 6. The van der Waals surface area contributed by atoms with Gasteiger partial charge in [0, 0.05) is 30.3 Å². The van der Waals surface area contributed by atoms with E-state index in [9.17, 15) is 9.59 Å². The summed E-state index contributed by atoms with van der Waals surface area (Å²) in [6.45, 7) is 1.80. The molecule has 0 saturated carbocycles. The van der Waals surface area contributed by atoms with Gasteiger partial charge in [-0.05, 0) is 29.8 Å². The molecule has 1 amide bonds. The van der Waals surface area contributed by atoms with E-state index in [0.29, 0.717) is 33.0 Å². The monoisotopic (exact) mass is 438 g/mol. The van der Waals surface area contributed by atoms with E-state index in [4.69, 9.17) is 20.9 Å². The van der Waals surface area contributed by atoms with Gasteiger partial charge in [0.05, 0.1) is 13.2 Å². The van der Waals surface area contributed by atoms with Gasteiger partial charge in [-0.15, -0.1) is 0 Å². The minimum atomic E-state index is -0.333. The van der Waals surface area contributed by atoms with Crippen LogP contribution < -0.4 is 10.9 Å². The molecule has 4 rings (SSSR count). The fraction of sp³-hybridized carbons (Fsp3) is 0.182. The van der Waals surface area contributed by atoms with Crippen LogP contribution >= 0.6 is 11.6 Å². The number of carbonyl (C=O) groups excluding carboxylic acids is 1. The quantitative estimate of drug-likeness (QED) is 0.490. The number of nitrogens with zero attached hydrogens (tertiary/aromatic N) is 3. The molecule has 0 unspecified atom stereocenters. The van der Waals surface area contributed by atoms with Gasteiger partial charge in [-0.25, -0.2) is 4.68 Å². The second-order valence-corrected chi connectivity index (χ2v) is 7.40. The smallest absolute Gasteiger partial charge is 0.280 e. The summed E-state index contributed by atoms with van der Waals surface area (Å²) in [5.74, 6) is -0.190. The maximum Gasteiger partial charge on any atom is 0.280 e. The third kappa shape index (κ3) is 4.35. The summed E-state index contributed by atoms with van der Waals surface area (Å²) in [6.07, 6.45) is 0. The Balaban J connectivity index is 1.90. The number of halogens is 1. The summed E-state index contributed by atoms with van der Waals surface area (Å²) < 4.78 is 12.0. The molecule has 1 N–H and O–H groups in total. The van der Waals surface area contributed by atoms with Crippen molar-refractivity contribution in [1.82, 2.24) is 14.9 Å². The number of benzene rings is 2. The highest BCUT2D eigenvalue weighted by atomic mass is 35.5. The van der Waals surface area contributed by atoms with Gasteiger partial charge in [0.25, 0.3) is 5.56 Å². The Hall–Kier alpha value is -3.49. The molecule has 0 radical (unpaired) electrons. The number of hydrogen-bond acceptors (Lipinski definition) is 6. The van der Waals surface area contributed by atoms with E-state index in [0.717, 1.165) is 5.56 Å². The number of nitrogens with one attached hydrogen (secondary N) is 1. The van der Waals surface area contributed by atoms with Crippen LogP contribution in [-0.2, 0) is 22.7 Å². The van der Waals surface area contributed by atoms with Crippen LogP contribution in [0.5, 0.6) is 0 Å². The minimum Gasteiger partial charge on any atom is -0.378 e. The molecule has 31 heavy (non-hydrogen) atoms. The number of methoxy groups -OCH3 is 1. The standard InChI is InChI=1S/C22H19ClN4O4/c1-13(28)24-17-5-3-4-15(10-17)20-21-19(18(12-30-2)26-31-21)22(29)27(25-20)11-14-6-8-16(23)9-7-14/h3-10H,11-12H2,1-2H3,(H,24,28). The van der Waals surface area contributed by atoms with Crippen LogP contribution in [0.4, 0.5) is 5.69 Å². The lowest BCUT2D eigenvalue weighted by molar-refractivity contribution is -0.114. The summed E-state index contributed by atoms with van der Waals surface area (Å²) in [5.41, 5.74) is 2.90. The fourth-order valence-electron chi connectivity index (χ4n) is 3.29. The molecule has 0 aliphatic rings. The first-order valence-electron chi connectivity index (χ1n) is 9.47. The van der Waals surface area contributed by atoms with E-state index in [1.165, 1.54) is 18.7 Å². The maximum absolute atomic E-state index is 13.2. The highest BCUT2D eigenvalue weighted by molar-refractivity contribution is 6.30. The second-order valence-electron chi connectivity index (χ2n) is 6.97. The molecule has 0 fully saturated rings. The normalized spacial score (nSPS) is 11.1. The number of amides is 1. The van der Waals surface area contributed by atoms with Crippen molar-refractivity contribution in [3.8, 4) is 11.3 Å². The Bertz CT molecular complexity index is 1310. The van der Waals surface area contributed by atoms with Crippen LogP contribution in [0.1, 0.15) is 18.2 Å². The third-order valence-corrected chi connectivity index (χ3v) is 4.88. The zero-order valence-electron chi connectivity index (χ0n) is 16.9. The van der Waals surface area contributed by atoms with Gasteiger partial charge in [-0.2, -0.15) is 5.10 Å². The molecule has 9 heteroatoms. The van der Waals surface area contributed by atoms with E-state index < -0.39 is 0 Å². The number of anilines is 1. The maximum atomic E-state index is 13.2. The highest BCUT2D eigenvalue weighted by Gasteiger charge is 2.21. The predicted octanol–water partition coefficient (Wildman–Crippen LogP) is 3.86. The molecular weight excluding hydrogens is 420 g/mol. The average molecular weight is 439 g/mol. The van der Waals surface area contributed by atoms with Crippen LogP contribution in [0.25, 0.3) is 22.2 Å². The molecule has 2 aromatic heterocycles. The first-order chi connectivity index (χ1) is 15.0. The van der Waals surface area contributed by atoms with Crippen LogP contribution in [0.15, 0.2) is 57.8 Å². The Labute approximate surface area is 182 Å². The van der Waals surface area contributed by atoms with Gasteiger partial charge in [-0.3, -0.25) is 9.59 Å². The molecule has 4 aromatic rings. The average Bonchev–Trinajstić information content (AvgIpc) is 3.16. The molecule has 0 saturated heterocycles. The molecule has 0 spiro atoms. The van der Waals surface area contributed by atoms with Crippen molar-refractivity contribution in [3.05, 3.63) is 75.2 Å². The van der Waals surface area contributed by atoms with Crippen molar-refractivity contribution >= 4 is 34.2 Å². The molecule has 158 valence electrons. The van der Waals surface area contributed by atoms with Crippen LogP contribution in [0.2, 0.25) is 5.02 Å². The number of ether oxygens (including phenoxy) is 1. The highest BCUT2D eigenvalue weighted by Crippen LogP contribution is 2.28. The molecule has 8 nitrogen and oxygen atoms in total. The lowest BCUT2D eigenvalue weighted by atomic mass is 10.1. The van der Waals surface area contributed by atoms with E-state index >= 15 is 0 Å². The lowest BCUT2D eigenvalue weighted by Crippen LogP contribution is -2.24. The molecular formula is C22H19ClN4O4. The predicted molar refractivity (Wildman–Crippen MR) is 117 cm³/mol. The zero-order chi connectivity index (χ0) is 22.0. The van der Waals surface area contributed by atoms with Gasteiger partial charge in [0.2, 0.25) is 11.5 Å². The summed E-state index contributed by atoms with van der Waals surface area (Å²) in [4.78, 5) is 24.7. The first-order valence-corrected chi connectivity index (χ1v) is 9.85. The zero-order valence-corrected chi connectivity index (χ0v) is 17.6. The van der Waals surface area contributed by atoms with E-state index in [1.54, 1.807) is 30.3 Å². The third-order valence-electron chi connectivity index (χ3n) is 4.63. The SMILES string of the molecule is COCc1noc2c(-c3cccc(NC(C)=O)c3)nn(Cc3ccc(Cl)cc3)c(=O)c12. The summed E-state index contributed by atoms with van der Waals surface area (Å²) in [7, 11) is 1.52. The van der Waals surface area contributed by atoms with E-state index in [2.05, 4.69) is 15.6 Å². The van der Waals surface area contributed by atoms with Crippen LogP contribution in [-0.4, -0.2) is 28.0 Å². The van der Waals surface area contributed by atoms with Crippen molar-refractivity contribution in [3.63, 3.8) is 0 Å². The van der Waals surface area contributed by atoms with Crippen LogP contribution in [0.3, 0.4) is 0 Å². The Morgan fingerprint density at radius 1 is 1.23 bits per heavy atom. The van der Waals surface area contributed by atoms with Gasteiger partial charge in [-0.1, -0.05) is 41.0 Å². The first kappa shape index (κ1) is 20.8. The largest absolute Gasteiger partial charge is 0.378 e. The van der Waals surface area contributed by atoms with Crippen molar-refractivity contribution < 1.29 is 14.1 Å². The molecule has 2 aromatic carbocycles. The van der Waals surface area contributed by atoms with Crippen molar-refractivity contribution in [2.75, 3.05) is 12.4 Å². The van der Waals surface area contributed by atoms with Gasteiger partial charge in [0.1, 0.15) is 16.8 Å². The molecule has 0 aliphatic carbocycles. The summed E-state index contributed by atoms with van der Waals surface area (Å²) in [6, 6.07) is 14.3. The van der Waals surface area contributed by atoms with Gasteiger partial charge < -0.3 is 14.6 Å². The minimum absolute atomic E-state index is 0.124. The molecule has 0 bridgehead atoms. The summed E-state index contributed by atoms with van der Waals surface area (Å²) in [5, 5.41) is 12.3. The van der Waals surface area contributed by atoms with Crippen molar-refractivity contribution in [1.29, 1.82) is 0 Å². The van der Waals surface area contributed by atoms with E-state index in [1.807, 2.05) is 18.2 Å². The number of carbonyl (C=O) groups is 1. The number of hydrogen-bond donors (Lipinski definition) is 1. The topological polar surface area (TPSA) is 99.2 Å². The Kier molecular flexibility index (Phi) is 5.83. The molecule has 0 aliphatic heterocycles. The van der Waals surface area contributed by atoms with Crippen molar-refractivity contribution in [2.45, 2.75) is 20.1 Å². The van der Waals surface area contributed by atoms with Crippen LogP contribution in [0, 0.1) is 0 Å². The van der Waals surface area contributed by atoms with E-state index in [-0.39, 0.29) is 30.2 Å². The fourth-order valence-corrected chi connectivity index (χ4v) is 3.41. The number of fused-ring (bicyclic) bond motifs is 1. The Morgan fingerprint density at radius 2 is 2.00 bits per heavy atom. The number of aromatic nitrogens is 3. The van der Waals surface area contributed by atoms with Gasteiger partial charge in [0.15, 0.2) is 0 Å². The lowest BCUT2D eigenvalue weighted by Gasteiger charge is -2.10.